The van der Waals surface area contributed by atoms with Gasteiger partial charge in [-0.2, -0.15) is 0 Å². The highest BCUT2D eigenvalue weighted by Gasteiger charge is 2.39. The molecule has 26 heavy (non-hydrogen) atoms. The van der Waals surface area contributed by atoms with Crippen molar-refractivity contribution >= 4 is 23.6 Å². The largest absolute Gasteiger partial charge is 0.491 e. The molecule has 6 nitrogen and oxygen atoms in total. The Morgan fingerprint density at radius 3 is 2.46 bits per heavy atom. The van der Waals surface area contributed by atoms with Gasteiger partial charge in [0.05, 0.1) is 23.1 Å². The number of hydrogen-bond donors (Lipinski definition) is 3. The number of aliphatic carboxylic acids is 1. The van der Waals surface area contributed by atoms with Crippen LogP contribution in [0.15, 0.2) is 30.0 Å². The van der Waals surface area contributed by atoms with Crippen molar-refractivity contribution in [3.05, 3.63) is 40.6 Å². The maximum absolute atomic E-state index is 11.8. The average molecular weight is 381 g/mol. The van der Waals surface area contributed by atoms with Gasteiger partial charge in [-0.3, -0.25) is 4.79 Å². The lowest BCUT2D eigenvalue weighted by Crippen LogP contribution is -2.45. The summed E-state index contributed by atoms with van der Waals surface area (Å²) in [5, 5.41) is 15.2. The summed E-state index contributed by atoms with van der Waals surface area (Å²) in [6, 6.07) is 4.23. The predicted molar refractivity (Wildman–Crippen MR) is 100 cm³/mol. The Hall–Kier alpha value is -2.21. The van der Waals surface area contributed by atoms with Crippen molar-refractivity contribution in [2.24, 2.45) is 10.8 Å². The van der Waals surface area contributed by atoms with Crippen molar-refractivity contribution in [1.29, 1.82) is 0 Å². The lowest BCUT2D eigenvalue weighted by atomic mass is 9.78. The zero-order chi connectivity index (χ0) is 19.7. The molecule has 2 amide bonds. The second kappa shape index (κ2) is 7.19. The molecule has 1 aromatic carbocycles. The molecule has 0 saturated carbocycles. The van der Waals surface area contributed by atoms with Gasteiger partial charge in [0, 0.05) is 6.20 Å². The highest BCUT2D eigenvalue weighted by molar-refractivity contribution is 6.32. The number of nitrogens with one attached hydrogen (secondary N) is 2. The van der Waals surface area contributed by atoms with Crippen LogP contribution in [-0.4, -0.2) is 23.7 Å². The summed E-state index contributed by atoms with van der Waals surface area (Å²) in [6.45, 7) is 9.87. The van der Waals surface area contributed by atoms with E-state index < -0.39 is 23.5 Å². The van der Waals surface area contributed by atoms with E-state index >= 15 is 0 Å². The number of carbonyl (C=O) groups is 2. The molecule has 0 radical (unpaired) electrons. The summed E-state index contributed by atoms with van der Waals surface area (Å²) in [5.74, 6) is -0.434. The molecule has 142 valence electrons. The van der Waals surface area contributed by atoms with Gasteiger partial charge in [-0.25, -0.2) is 4.79 Å². The maximum Gasteiger partial charge on any atom is 0.319 e. The van der Waals surface area contributed by atoms with E-state index in [1.54, 1.807) is 32.0 Å². The van der Waals surface area contributed by atoms with Crippen molar-refractivity contribution in [1.82, 2.24) is 10.6 Å². The van der Waals surface area contributed by atoms with Crippen LogP contribution in [0.2, 0.25) is 5.02 Å². The Morgan fingerprint density at radius 2 is 1.92 bits per heavy atom. The van der Waals surface area contributed by atoms with Gasteiger partial charge in [0.2, 0.25) is 0 Å². The standard InChI is InChI=1S/C19H25ClN2O4/c1-18(2,3)10-26-14-7-6-11(8-13(14)20)15-12(9-21-17(25)22-15)19(4,5)16(23)24/h6-9,15H,10H2,1-5H3,(H,23,24)(H2,21,22,25). The molecule has 0 bridgehead atoms. The van der Waals surface area contributed by atoms with Gasteiger partial charge in [-0.15, -0.1) is 0 Å². The summed E-state index contributed by atoms with van der Waals surface area (Å²) in [4.78, 5) is 23.4. The molecular formula is C19H25ClN2O4. The zero-order valence-corrected chi connectivity index (χ0v) is 16.4. The van der Waals surface area contributed by atoms with Crippen LogP contribution in [0.3, 0.4) is 0 Å². The van der Waals surface area contributed by atoms with Crippen LogP contribution < -0.4 is 15.4 Å². The van der Waals surface area contributed by atoms with E-state index in [1.165, 1.54) is 6.20 Å². The second-order valence-corrected chi connectivity index (χ2v) is 8.53. The Morgan fingerprint density at radius 1 is 1.27 bits per heavy atom. The molecule has 0 aromatic heterocycles. The molecule has 2 rings (SSSR count). The molecule has 1 aliphatic heterocycles. The number of hydrogen-bond acceptors (Lipinski definition) is 3. The van der Waals surface area contributed by atoms with Gasteiger partial charge in [-0.1, -0.05) is 38.4 Å². The van der Waals surface area contributed by atoms with E-state index in [9.17, 15) is 14.7 Å². The van der Waals surface area contributed by atoms with Gasteiger partial charge >= 0.3 is 12.0 Å². The van der Waals surface area contributed by atoms with E-state index in [0.717, 1.165) is 0 Å². The third kappa shape index (κ3) is 4.49. The molecule has 1 heterocycles. The van der Waals surface area contributed by atoms with Crippen molar-refractivity contribution in [2.75, 3.05) is 6.61 Å². The van der Waals surface area contributed by atoms with Crippen LogP contribution in [0.25, 0.3) is 0 Å². The fourth-order valence-corrected chi connectivity index (χ4v) is 2.76. The highest BCUT2D eigenvalue weighted by atomic mass is 35.5. The number of carboxylic acids is 1. The molecule has 1 aliphatic rings. The number of amides is 2. The van der Waals surface area contributed by atoms with Gasteiger partial charge < -0.3 is 20.5 Å². The molecule has 0 saturated heterocycles. The van der Waals surface area contributed by atoms with E-state index in [4.69, 9.17) is 16.3 Å². The Labute approximate surface area is 158 Å². The highest BCUT2D eigenvalue weighted by Crippen LogP contribution is 2.39. The SMILES string of the molecule is CC(C)(C)COc1ccc(C2NC(=O)NC=C2C(C)(C)C(=O)O)cc1Cl. The fraction of sp³-hybridized carbons (Fsp3) is 0.474. The minimum atomic E-state index is -1.17. The topological polar surface area (TPSA) is 87.7 Å². The number of ether oxygens (including phenoxy) is 1. The number of halogens is 1. The minimum absolute atomic E-state index is 0.00751. The lowest BCUT2D eigenvalue weighted by molar-refractivity contribution is -0.145. The summed E-state index contributed by atoms with van der Waals surface area (Å²) in [5.41, 5.74) is 0.0450. The summed E-state index contributed by atoms with van der Waals surface area (Å²) >= 11 is 6.35. The van der Waals surface area contributed by atoms with Crippen LogP contribution in [0.5, 0.6) is 5.75 Å². The Kier molecular flexibility index (Phi) is 5.56. The van der Waals surface area contributed by atoms with Gasteiger partial charge in [0.15, 0.2) is 0 Å². The van der Waals surface area contributed by atoms with Crippen molar-refractivity contribution in [3.8, 4) is 5.75 Å². The van der Waals surface area contributed by atoms with Crippen LogP contribution in [0, 0.1) is 10.8 Å². The Balaban J connectivity index is 2.34. The van der Waals surface area contributed by atoms with Crippen molar-refractivity contribution in [2.45, 2.75) is 40.7 Å². The molecule has 0 fully saturated rings. The van der Waals surface area contributed by atoms with Crippen molar-refractivity contribution < 1.29 is 19.4 Å². The average Bonchev–Trinajstić information content (AvgIpc) is 2.52. The molecule has 7 heteroatoms. The molecule has 0 aliphatic carbocycles. The zero-order valence-electron chi connectivity index (χ0n) is 15.6. The smallest absolute Gasteiger partial charge is 0.319 e. The first kappa shape index (κ1) is 20.1. The fourth-order valence-electron chi connectivity index (χ4n) is 2.51. The van der Waals surface area contributed by atoms with Crippen molar-refractivity contribution in [3.63, 3.8) is 0 Å². The number of benzene rings is 1. The Bertz CT molecular complexity index is 750. The molecule has 1 unspecified atom stereocenters. The van der Waals surface area contributed by atoms with Gasteiger partial charge in [0.25, 0.3) is 0 Å². The monoisotopic (exact) mass is 380 g/mol. The minimum Gasteiger partial charge on any atom is -0.491 e. The number of carboxylic acid groups (broad SMARTS) is 1. The van der Waals surface area contributed by atoms with E-state index in [0.29, 0.717) is 28.5 Å². The van der Waals surface area contributed by atoms with E-state index in [-0.39, 0.29) is 5.41 Å². The molecule has 0 spiro atoms. The molecular weight excluding hydrogens is 356 g/mol. The van der Waals surface area contributed by atoms with E-state index in [1.807, 2.05) is 0 Å². The maximum atomic E-state index is 11.8. The van der Waals surface area contributed by atoms with Crippen LogP contribution >= 0.6 is 11.6 Å². The van der Waals surface area contributed by atoms with E-state index in [2.05, 4.69) is 31.4 Å². The third-order valence-corrected chi connectivity index (χ3v) is 4.45. The first-order valence-corrected chi connectivity index (χ1v) is 8.73. The summed E-state index contributed by atoms with van der Waals surface area (Å²) in [6.07, 6.45) is 1.45. The first-order valence-electron chi connectivity index (χ1n) is 8.35. The predicted octanol–water partition coefficient (Wildman–Crippen LogP) is 4.11. The van der Waals surface area contributed by atoms with Crippen LogP contribution in [0.1, 0.15) is 46.2 Å². The lowest BCUT2D eigenvalue weighted by Gasteiger charge is -2.34. The third-order valence-electron chi connectivity index (χ3n) is 4.15. The summed E-state index contributed by atoms with van der Waals surface area (Å²) in [7, 11) is 0. The van der Waals surface area contributed by atoms with Gasteiger partial charge in [-0.05, 0) is 42.5 Å². The second-order valence-electron chi connectivity index (χ2n) is 8.12. The quantitative estimate of drug-likeness (QED) is 0.717. The molecule has 1 atom stereocenters. The first-order chi connectivity index (χ1) is 11.9. The normalized spacial score (nSPS) is 17.8. The van der Waals surface area contributed by atoms with Crippen LogP contribution in [-0.2, 0) is 4.79 Å². The molecule has 3 N–H and O–H groups in total. The number of rotatable bonds is 5. The molecule has 1 aromatic rings. The summed E-state index contributed by atoms with van der Waals surface area (Å²) < 4.78 is 5.76. The number of carbonyl (C=O) groups excluding carboxylic acids is 1. The van der Waals surface area contributed by atoms with Gasteiger partial charge in [0.1, 0.15) is 5.75 Å². The van der Waals surface area contributed by atoms with Crippen LogP contribution in [0.4, 0.5) is 4.79 Å². The number of urea groups is 1.